The van der Waals surface area contributed by atoms with Crippen LogP contribution in [0.2, 0.25) is 0 Å². The Labute approximate surface area is 184 Å². The minimum absolute atomic E-state index is 0.145. The fourth-order valence-corrected chi connectivity index (χ4v) is 2.88. The van der Waals surface area contributed by atoms with Crippen molar-refractivity contribution >= 4 is 11.6 Å². The van der Waals surface area contributed by atoms with Crippen LogP contribution in [0.4, 0.5) is 5.69 Å². The number of methoxy groups -OCH3 is 3. The molecule has 2 aromatic carbocycles. The molecule has 2 rings (SSSR count). The van der Waals surface area contributed by atoms with Crippen molar-refractivity contribution in [3.05, 3.63) is 48.0 Å². The molecule has 0 radical (unpaired) electrons. The van der Waals surface area contributed by atoms with E-state index in [-0.39, 0.29) is 6.54 Å². The van der Waals surface area contributed by atoms with E-state index >= 15 is 0 Å². The van der Waals surface area contributed by atoms with E-state index in [9.17, 15) is 5.11 Å². The molecule has 31 heavy (non-hydrogen) atoms. The Balaban J connectivity index is 2.07. The van der Waals surface area contributed by atoms with Crippen LogP contribution in [0.5, 0.6) is 17.2 Å². The first kappa shape index (κ1) is 24.3. The van der Waals surface area contributed by atoms with Crippen LogP contribution in [-0.4, -0.2) is 58.7 Å². The van der Waals surface area contributed by atoms with E-state index in [0.717, 1.165) is 17.9 Å². The number of aliphatic hydroxyl groups excluding tert-OH is 1. The van der Waals surface area contributed by atoms with Crippen molar-refractivity contribution in [3.63, 3.8) is 0 Å². The summed E-state index contributed by atoms with van der Waals surface area (Å²) in [7, 11) is 4.82. The normalized spacial score (nSPS) is 12.2. The summed E-state index contributed by atoms with van der Waals surface area (Å²) >= 11 is 0. The van der Waals surface area contributed by atoms with Crippen LogP contribution in [0.15, 0.2) is 47.5 Å². The zero-order chi connectivity index (χ0) is 22.5. The van der Waals surface area contributed by atoms with Crippen molar-refractivity contribution in [3.8, 4) is 17.2 Å². The second kappa shape index (κ2) is 13.4. The fourth-order valence-electron chi connectivity index (χ4n) is 2.88. The molecule has 8 nitrogen and oxygen atoms in total. The van der Waals surface area contributed by atoms with Crippen LogP contribution in [0.25, 0.3) is 0 Å². The predicted octanol–water partition coefficient (Wildman–Crippen LogP) is 3.23. The van der Waals surface area contributed by atoms with Crippen molar-refractivity contribution < 1.29 is 24.1 Å². The Morgan fingerprint density at radius 2 is 1.87 bits per heavy atom. The summed E-state index contributed by atoms with van der Waals surface area (Å²) < 4.78 is 21.4. The van der Waals surface area contributed by atoms with Gasteiger partial charge in [-0.3, -0.25) is 0 Å². The van der Waals surface area contributed by atoms with Crippen molar-refractivity contribution in [2.75, 3.05) is 52.9 Å². The van der Waals surface area contributed by atoms with Gasteiger partial charge in [-0.2, -0.15) is 0 Å². The molecular weight excluding hydrogens is 398 g/mol. The Morgan fingerprint density at radius 1 is 1.03 bits per heavy atom. The maximum absolute atomic E-state index is 10.7. The molecule has 0 fully saturated rings. The average molecular weight is 432 g/mol. The zero-order valence-electron chi connectivity index (χ0n) is 18.7. The van der Waals surface area contributed by atoms with Gasteiger partial charge in [-0.15, -0.1) is 0 Å². The Bertz CT molecular complexity index is 829. The SMILES string of the molecule is CCNC(=NCC(O)c1cc(OC)ccc1OC)Nc1cccc(OCCCOC)c1. The van der Waals surface area contributed by atoms with Crippen molar-refractivity contribution in [1.29, 1.82) is 0 Å². The number of hydrogen-bond acceptors (Lipinski definition) is 6. The van der Waals surface area contributed by atoms with Gasteiger partial charge in [0.1, 0.15) is 23.4 Å². The largest absolute Gasteiger partial charge is 0.497 e. The first-order chi connectivity index (χ1) is 15.1. The Morgan fingerprint density at radius 3 is 2.58 bits per heavy atom. The summed E-state index contributed by atoms with van der Waals surface area (Å²) in [5, 5.41) is 17.1. The zero-order valence-corrected chi connectivity index (χ0v) is 18.7. The molecule has 0 saturated carbocycles. The van der Waals surface area contributed by atoms with Crippen LogP contribution in [0, 0.1) is 0 Å². The third-order valence-corrected chi connectivity index (χ3v) is 4.42. The van der Waals surface area contributed by atoms with Gasteiger partial charge in [0, 0.05) is 44.0 Å². The van der Waals surface area contributed by atoms with Crippen LogP contribution in [0.3, 0.4) is 0 Å². The van der Waals surface area contributed by atoms with Crippen LogP contribution in [-0.2, 0) is 4.74 Å². The second-order valence-corrected chi connectivity index (χ2v) is 6.69. The molecule has 1 unspecified atom stereocenters. The van der Waals surface area contributed by atoms with E-state index in [0.29, 0.717) is 42.8 Å². The van der Waals surface area contributed by atoms with Gasteiger partial charge in [0.15, 0.2) is 5.96 Å². The number of aliphatic imine (C=N–C) groups is 1. The van der Waals surface area contributed by atoms with Gasteiger partial charge < -0.3 is 34.7 Å². The standard InChI is InChI=1S/C23H33N3O5/c1-5-24-23(26-17-8-6-9-19(14-17)31-13-7-12-28-2)25-16-21(27)20-15-18(29-3)10-11-22(20)30-4/h6,8-11,14-15,21,27H,5,7,12-13,16H2,1-4H3,(H2,24,25,26). The summed E-state index contributed by atoms with van der Waals surface area (Å²) in [6.45, 7) is 4.05. The first-order valence-corrected chi connectivity index (χ1v) is 10.3. The van der Waals surface area contributed by atoms with Gasteiger partial charge in [-0.25, -0.2) is 4.99 Å². The molecule has 8 heteroatoms. The second-order valence-electron chi connectivity index (χ2n) is 6.69. The first-order valence-electron chi connectivity index (χ1n) is 10.3. The number of guanidine groups is 1. The molecule has 0 heterocycles. The van der Waals surface area contributed by atoms with Gasteiger partial charge in [-0.1, -0.05) is 6.07 Å². The van der Waals surface area contributed by atoms with Gasteiger partial charge in [0.05, 0.1) is 27.4 Å². The molecule has 3 N–H and O–H groups in total. The lowest BCUT2D eigenvalue weighted by Gasteiger charge is -2.16. The highest BCUT2D eigenvalue weighted by Gasteiger charge is 2.15. The van der Waals surface area contributed by atoms with E-state index in [2.05, 4.69) is 15.6 Å². The van der Waals surface area contributed by atoms with E-state index in [1.165, 1.54) is 0 Å². The Hall–Kier alpha value is -2.97. The van der Waals surface area contributed by atoms with E-state index in [1.807, 2.05) is 31.2 Å². The molecule has 0 bridgehead atoms. The molecule has 1 atom stereocenters. The molecule has 2 aromatic rings. The highest BCUT2D eigenvalue weighted by molar-refractivity contribution is 5.93. The maximum atomic E-state index is 10.7. The van der Waals surface area contributed by atoms with E-state index in [4.69, 9.17) is 18.9 Å². The number of benzene rings is 2. The number of nitrogens with one attached hydrogen (secondary N) is 2. The molecule has 0 aliphatic heterocycles. The quantitative estimate of drug-likeness (QED) is 0.270. The third-order valence-electron chi connectivity index (χ3n) is 4.42. The lowest BCUT2D eigenvalue weighted by Crippen LogP contribution is -2.31. The number of hydrogen-bond donors (Lipinski definition) is 3. The van der Waals surface area contributed by atoms with Crippen LogP contribution >= 0.6 is 0 Å². The molecule has 0 amide bonds. The fraction of sp³-hybridized carbons (Fsp3) is 0.435. The summed E-state index contributed by atoms with van der Waals surface area (Å²) in [5.74, 6) is 2.55. The van der Waals surface area contributed by atoms with Gasteiger partial charge >= 0.3 is 0 Å². The van der Waals surface area contributed by atoms with Crippen molar-refractivity contribution in [2.24, 2.45) is 4.99 Å². The summed E-state index contributed by atoms with van der Waals surface area (Å²) in [6.07, 6.45) is -0.0277. The monoisotopic (exact) mass is 431 g/mol. The topological polar surface area (TPSA) is 93.6 Å². The van der Waals surface area contributed by atoms with Gasteiger partial charge in [0.25, 0.3) is 0 Å². The number of aliphatic hydroxyl groups is 1. The van der Waals surface area contributed by atoms with Gasteiger partial charge in [-0.05, 0) is 37.3 Å². The molecule has 170 valence electrons. The van der Waals surface area contributed by atoms with Crippen molar-refractivity contribution in [2.45, 2.75) is 19.4 Å². The summed E-state index contributed by atoms with van der Waals surface area (Å²) in [5.41, 5.74) is 1.45. The molecule has 0 aromatic heterocycles. The Kier molecular flexibility index (Phi) is 10.5. The van der Waals surface area contributed by atoms with Crippen LogP contribution in [0.1, 0.15) is 25.0 Å². The third kappa shape index (κ3) is 7.99. The lowest BCUT2D eigenvalue weighted by atomic mass is 10.1. The van der Waals surface area contributed by atoms with E-state index < -0.39 is 6.10 Å². The van der Waals surface area contributed by atoms with Gasteiger partial charge in [0.2, 0.25) is 0 Å². The summed E-state index contributed by atoms with van der Waals surface area (Å²) in [6, 6.07) is 13.0. The average Bonchev–Trinajstić information content (AvgIpc) is 2.80. The highest BCUT2D eigenvalue weighted by Crippen LogP contribution is 2.29. The number of nitrogens with zero attached hydrogens (tertiary/aromatic N) is 1. The minimum atomic E-state index is -0.851. The maximum Gasteiger partial charge on any atom is 0.195 e. The highest BCUT2D eigenvalue weighted by atomic mass is 16.5. The molecular formula is C23H33N3O5. The van der Waals surface area contributed by atoms with E-state index in [1.54, 1.807) is 39.5 Å². The molecule has 0 spiro atoms. The summed E-state index contributed by atoms with van der Waals surface area (Å²) in [4.78, 5) is 4.52. The number of ether oxygens (including phenoxy) is 4. The smallest absolute Gasteiger partial charge is 0.195 e. The molecule has 0 saturated heterocycles. The van der Waals surface area contributed by atoms with Crippen LogP contribution < -0.4 is 24.8 Å². The predicted molar refractivity (Wildman–Crippen MR) is 123 cm³/mol. The minimum Gasteiger partial charge on any atom is -0.497 e. The lowest BCUT2D eigenvalue weighted by molar-refractivity contribution is 0.172. The molecule has 0 aliphatic carbocycles. The molecule has 0 aliphatic rings. The number of anilines is 1. The number of rotatable bonds is 12. The van der Waals surface area contributed by atoms with Crippen molar-refractivity contribution in [1.82, 2.24) is 5.32 Å².